The third-order valence-electron chi connectivity index (χ3n) is 4.13. The molecule has 0 spiro atoms. The summed E-state index contributed by atoms with van der Waals surface area (Å²) in [6.45, 7) is 7.78. The van der Waals surface area contributed by atoms with Crippen LogP contribution in [0, 0.1) is 5.92 Å². The molecule has 2 atom stereocenters. The van der Waals surface area contributed by atoms with Crippen molar-refractivity contribution in [2.75, 3.05) is 0 Å². The zero-order chi connectivity index (χ0) is 16.6. The molecule has 124 valence electrons. The normalized spacial score (nSPS) is 22.3. The molecule has 1 N–H and O–H groups in total. The summed E-state index contributed by atoms with van der Waals surface area (Å²) in [7, 11) is 0. The average Bonchev–Trinajstić information content (AvgIpc) is 2.78. The number of carbonyl (C=O) groups is 2. The lowest BCUT2D eigenvalue weighted by Gasteiger charge is -2.29. The quantitative estimate of drug-likeness (QED) is 0.277. The highest BCUT2D eigenvalue weighted by Gasteiger charge is 2.42. The molecule has 1 aliphatic heterocycles. The van der Waals surface area contributed by atoms with E-state index in [0.717, 1.165) is 19.3 Å². The van der Waals surface area contributed by atoms with Crippen LogP contribution in [-0.2, 0) is 14.5 Å². The smallest absolute Gasteiger partial charge is 0.300 e. The molecule has 0 aromatic heterocycles. The SMILES string of the molecule is C=CC(C(=O)OO)C1=CC(=O)SC1(C)CCCCCCCC. The van der Waals surface area contributed by atoms with E-state index >= 15 is 0 Å². The van der Waals surface area contributed by atoms with E-state index in [2.05, 4.69) is 18.4 Å². The van der Waals surface area contributed by atoms with Crippen LogP contribution in [0.3, 0.4) is 0 Å². The van der Waals surface area contributed by atoms with Crippen molar-refractivity contribution in [2.45, 2.75) is 63.5 Å². The van der Waals surface area contributed by atoms with Gasteiger partial charge in [0.1, 0.15) is 5.92 Å². The maximum Gasteiger partial charge on any atom is 0.352 e. The fourth-order valence-electron chi connectivity index (χ4n) is 2.85. The van der Waals surface area contributed by atoms with Gasteiger partial charge in [-0.3, -0.25) is 9.68 Å². The van der Waals surface area contributed by atoms with Crippen LogP contribution in [-0.4, -0.2) is 21.1 Å². The Bertz CT molecular complexity index is 444. The molecular weight excluding hydrogens is 300 g/mol. The third kappa shape index (κ3) is 4.99. The molecule has 5 heteroatoms. The maximum atomic E-state index is 11.8. The molecular formula is C17H26O4S. The number of rotatable bonds is 10. The third-order valence-corrected chi connectivity index (χ3v) is 5.34. The van der Waals surface area contributed by atoms with Gasteiger partial charge in [0.2, 0.25) is 5.12 Å². The lowest BCUT2D eigenvalue weighted by molar-refractivity contribution is -0.236. The number of thioether (sulfide) groups is 1. The van der Waals surface area contributed by atoms with Crippen molar-refractivity contribution in [3.63, 3.8) is 0 Å². The summed E-state index contributed by atoms with van der Waals surface area (Å²) < 4.78 is -0.422. The van der Waals surface area contributed by atoms with Crippen LogP contribution in [0.4, 0.5) is 0 Å². The highest BCUT2D eigenvalue weighted by molar-refractivity contribution is 8.15. The number of hydrogen-bond acceptors (Lipinski definition) is 5. The van der Waals surface area contributed by atoms with Gasteiger partial charge in [-0.15, -0.1) is 6.58 Å². The fourth-order valence-corrected chi connectivity index (χ4v) is 4.03. The van der Waals surface area contributed by atoms with Crippen LogP contribution < -0.4 is 0 Å². The molecule has 1 heterocycles. The summed E-state index contributed by atoms with van der Waals surface area (Å²) in [5.74, 6) is -1.56. The molecule has 1 aliphatic rings. The van der Waals surface area contributed by atoms with E-state index in [9.17, 15) is 9.59 Å². The van der Waals surface area contributed by atoms with Gasteiger partial charge in [0.05, 0.1) is 0 Å². The Hall–Kier alpha value is -1.07. The standard InChI is InChI=1S/C17H26O4S/c1-4-6-7-8-9-10-11-17(3)14(12-15(18)22-17)13(5-2)16(19)21-20/h5,12-13,20H,2,4,6-11H2,1,3H3. The van der Waals surface area contributed by atoms with Crippen LogP contribution in [0.1, 0.15) is 58.8 Å². The van der Waals surface area contributed by atoms with E-state index in [1.165, 1.54) is 49.6 Å². The molecule has 0 amide bonds. The molecule has 4 nitrogen and oxygen atoms in total. The molecule has 0 aromatic carbocycles. The van der Waals surface area contributed by atoms with E-state index in [4.69, 9.17) is 5.26 Å². The molecule has 0 saturated carbocycles. The minimum Gasteiger partial charge on any atom is -0.300 e. The molecule has 0 bridgehead atoms. The minimum atomic E-state index is -0.786. The van der Waals surface area contributed by atoms with E-state index in [1.807, 2.05) is 6.92 Å². The Morgan fingerprint density at radius 2 is 2.05 bits per heavy atom. The summed E-state index contributed by atoms with van der Waals surface area (Å²) in [5, 5.41) is 8.56. The first-order valence-electron chi connectivity index (χ1n) is 7.91. The fraction of sp³-hybridized carbons (Fsp3) is 0.647. The minimum absolute atomic E-state index is 0.0546. The second kappa shape index (κ2) is 9.16. The first-order chi connectivity index (χ1) is 10.5. The van der Waals surface area contributed by atoms with Crippen LogP contribution in [0.2, 0.25) is 0 Å². The molecule has 0 fully saturated rings. The first-order valence-corrected chi connectivity index (χ1v) is 8.73. The van der Waals surface area contributed by atoms with Crippen LogP contribution in [0.25, 0.3) is 0 Å². The molecule has 1 rings (SSSR count). The predicted molar refractivity (Wildman–Crippen MR) is 89.5 cm³/mol. The van der Waals surface area contributed by atoms with Crippen molar-refractivity contribution in [1.29, 1.82) is 0 Å². The first kappa shape index (κ1) is 19.0. The van der Waals surface area contributed by atoms with Crippen molar-refractivity contribution in [1.82, 2.24) is 0 Å². The lowest BCUT2D eigenvalue weighted by Crippen LogP contribution is -2.29. The Morgan fingerprint density at radius 1 is 1.41 bits per heavy atom. The molecule has 2 unspecified atom stereocenters. The van der Waals surface area contributed by atoms with Gasteiger partial charge >= 0.3 is 5.97 Å². The zero-order valence-corrected chi connectivity index (χ0v) is 14.3. The second-order valence-electron chi connectivity index (χ2n) is 5.89. The largest absolute Gasteiger partial charge is 0.352 e. The molecule has 0 saturated heterocycles. The van der Waals surface area contributed by atoms with Gasteiger partial charge < -0.3 is 0 Å². The van der Waals surface area contributed by atoms with E-state index < -0.39 is 16.6 Å². The maximum absolute atomic E-state index is 11.8. The Morgan fingerprint density at radius 3 is 2.64 bits per heavy atom. The van der Waals surface area contributed by atoms with Crippen molar-refractivity contribution >= 4 is 22.8 Å². The summed E-state index contributed by atoms with van der Waals surface area (Å²) in [4.78, 5) is 27.3. The molecule has 0 radical (unpaired) electrons. The van der Waals surface area contributed by atoms with E-state index in [1.54, 1.807) is 0 Å². The Kier molecular flexibility index (Phi) is 7.90. The van der Waals surface area contributed by atoms with Crippen LogP contribution >= 0.6 is 11.8 Å². The van der Waals surface area contributed by atoms with Gasteiger partial charge in [-0.1, -0.05) is 63.3 Å². The summed E-state index contributed by atoms with van der Waals surface area (Å²) in [6, 6.07) is 0. The van der Waals surface area contributed by atoms with Gasteiger partial charge in [0, 0.05) is 4.75 Å². The second-order valence-corrected chi connectivity index (χ2v) is 7.40. The molecule has 22 heavy (non-hydrogen) atoms. The van der Waals surface area contributed by atoms with Gasteiger partial charge in [0.15, 0.2) is 0 Å². The van der Waals surface area contributed by atoms with Crippen molar-refractivity contribution in [2.24, 2.45) is 5.92 Å². The van der Waals surface area contributed by atoms with Crippen molar-refractivity contribution in [3.05, 3.63) is 24.3 Å². The number of carbonyl (C=O) groups excluding carboxylic acids is 2. The Labute approximate surface area is 136 Å². The predicted octanol–water partition coefficient (Wildman–Crippen LogP) is 4.51. The van der Waals surface area contributed by atoms with Gasteiger partial charge in [-0.2, -0.15) is 5.26 Å². The highest BCUT2D eigenvalue weighted by atomic mass is 32.2. The van der Waals surface area contributed by atoms with Crippen LogP contribution in [0.15, 0.2) is 24.3 Å². The topological polar surface area (TPSA) is 63.6 Å². The monoisotopic (exact) mass is 326 g/mol. The lowest BCUT2D eigenvalue weighted by atomic mass is 9.84. The summed E-state index contributed by atoms with van der Waals surface area (Å²) in [5.41, 5.74) is 0.685. The highest BCUT2D eigenvalue weighted by Crippen LogP contribution is 2.47. The van der Waals surface area contributed by atoms with Crippen LogP contribution in [0.5, 0.6) is 0 Å². The van der Waals surface area contributed by atoms with E-state index in [0.29, 0.717) is 5.57 Å². The zero-order valence-electron chi connectivity index (χ0n) is 13.5. The number of hydrogen-bond donors (Lipinski definition) is 1. The number of unbranched alkanes of at least 4 members (excludes halogenated alkanes) is 5. The average molecular weight is 326 g/mol. The Balaban J connectivity index is 2.66. The summed E-state index contributed by atoms with van der Waals surface area (Å²) >= 11 is 1.25. The van der Waals surface area contributed by atoms with Gasteiger partial charge in [-0.05, 0) is 25.0 Å². The van der Waals surface area contributed by atoms with Crippen molar-refractivity contribution in [3.8, 4) is 0 Å². The van der Waals surface area contributed by atoms with Gasteiger partial charge in [0.25, 0.3) is 0 Å². The van der Waals surface area contributed by atoms with Crippen molar-refractivity contribution < 1.29 is 19.7 Å². The molecule has 0 aromatic rings. The van der Waals surface area contributed by atoms with Gasteiger partial charge in [-0.25, -0.2) is 4.79 Å². The molecule has 0 aliphatic carbocycles. The summed E-state index contributed by atoms with van der Waals surface area (Å²) in [6.07, 6.45) is 10.8. The van der Waals surface area contributed by atoms with E-state index in [-0.39, 0.29) is 5.12 Å².